The van der Waals surface area contributed by atoms with Crippen LogP contribution in [0, 0.1) is 23.7 Å². The van der Waals surface area contributed by atoms with E-state index >= 15 is 0 Å². The molecule has 7 heteroatoms. The Morgan fingerprint density at radius 3 is 2.43 bits per heavy atom. The Morgan fingerprint density at radius 1 is 1.00 bits per heavy atom. The van der Waals surface area contributed by atoms with Crippen molar-refractivity contribution < 1.29 is 32.4 Å². The molecule has 0 N–H and O–H groups in total. The molecule has 5 aliphatic rings. The second-order valence-corrected chi connectivity index (χ2v) is 7.87. The van der Waals surface area contributed by atoms with Crippen LogP contribution in [0.25, 0.3) is 0 Å². The number of ether oxygens (including phenoxy) is 2. The fourth-order valence-electron chi connectivity index (χ4n) is 5.28. The van der Waals surface area contributed by atoms with E-state index in [4.69, 9.17) is 19.2 Å². The van der Waals surface area contributed by atoms with Crippen molar-refractivity contribution in [2.75, 3.05) is 0 Å². The molecule has 5 fully saturated rings. The third-order valence-electron chi connectivity index (χ3n) is 6.48. The van der Waals surface area contributed by atoms with Crippen molar-refractivity contribution in [3.8, 4) is 0 Å². The summed E-state index contributed by atoms with van der Waals surface area (Å²) >= 11 is 0. The van der Waals surface area contributed by atoms with Crippen LogP contribution in [0.2, 0.25) is 0 Å². The van der Waals surface area contributed by atoms with Gasteiger partial charge in [-0.15, -0.1) is 0 Å². The van der Waals surface area contributed by atoms with Crippen molar-refractivity contribution in [3.63, 3.8) is 0 Å². The molecular formula is C16H23F3O4. The molecule has 4 aliphatic heterocycles. The van der Waals surface area contributed by atoms with Gasteiger partial charge in [0.25, 0.3) is 0 Å². The number of hydrogen-bond acceptors (Lipinski definition) is 4. The molecule has 2 bridgehead atoms. The molecule has 8 unspecified atom stereocenters. The molecule has 23 heavy (non-hydrogen) atoms. The summed E-state index contributed by atoms with van der Waals surface area (Å²) in [5, 5.41) is 0. The summed E-state index contributed by atoms with van der Waals surface area (Å²) in [5.41, 5.74) is -0.922. The van der Waals surface area contributed by atoms with Crippen LogP contribution >= 0.6 is 0 Å². The van der Waals surface area contributed by atoms with Crippen molar-refractivity contribution in [1.29, 1.82) is 0 Å². The van der Waals surface area contributed by atoms with Crippen LogP contribution in [0.3, 0.4) is 0 Å². The largest absolute Gasteiger partial charge is 0.415 e. The fourth-order valence-corrected chi connectivity index (χ4v) is 5.28. The van der Waals surface area contributed by atoms with Crippen LogP contribution in [0.5, 0.6) is 0 Å². The number of fused-ring (bicyclic) bond motifs is 2. The molecule has 4 saturated heterocycles. The molecule has 0 radical (unpaired) electrons. The van der Waals surface area contributed by atoms with E-state index in [0.717, 1.165) is 12.8 Å². The van der Waals surface area contributed by atoms with Crippen LogP contribution in [0.1, 0.15) is 46.5 Å². The smallest absolute Gasteiger partial charge is 0.336 e. The summed E-state index contributed by atoms with van der Waals surface area (Å²) in [6, 6.07) is 0. The van der Waals surface area contributed by atoms with Gasteiger partial charge < -0.3 is 9.47 Å². The van der Waals surface area contributed by atoms with Gasteiger partial charge >= 0.3 is 6.18 Å². The van der Waals surface area contributed by atoms with E-state index in [0.29, 0.717) is 18.8 Å². The van der Waals surface area contributed by atoms with Crippen LogP contribution in [0.15, 0.2) is 0 Å². The number of halogens is 3. The highest BCUT2D eigenvalue weighted by Crippen LogP contribution is 2.61. The molecular weight excluding hydrogens is 313 g/mol. The van der Waals surface area contributed by atoms with Crippen molar-refractivity contribution in [2.45, 2.75) is 76.4 Å². The first-order valence-electron chi connectivity index (χ1n) is 8.44. The lowest BCUT2D eigenvalue weighted by Crippen LogP contribution is -2.71. The van der Waals surface area contributed by atoms with Gasteiger partial charge in [0.2, 0.25) is 5.79 Å². The van der Waals surface area contributed by atoms with E-state index in [1.54, 1.807) is 13.8 Å². The quantitative estimate of drug-likeness (QED) is 0.631. The van der Waals surface area contributed by atoms with E-state index in [9.17, 15) is 13.2 Å². The van der Waals surface area contributed by atoms with Gasteiger partial charge in [-0.05, 0) is 43.9 Å². The lowest BCUT2D eigenvalue weighted by Gasteiger charge is -2.60. The zero-order valence-corrected chi connectivity index (χ0v) is 13.6. The molecule has 0 amide bonds. The summed E-state index contributed by atoms with van der Waals surface area (Å²) in [7, 11) is 0. The van der Waals surface area contributed by atoms with E-state index in [2.05, 4.69) is 6.92 Å². The monoisotopic (exact) mass is 336 g/mol. The van der Waals surface area contributed by atoms with E-state index < -0.39 is 35.9 Å². The Bertz CT molecular complexity index is 498. The molecule has 1 aliphatic carbocycles. The normalized spacial score (nSPS) is 56.1. The maximum absolute atomic E-state index is 13.4. The van der Waals surface area contributed by atoms with Gasteiger partial charge in [-0.1, -0.05) is 13.8 Å². The maximum atomic E-state index is 13.4. The minimum absolute atomic E-state index is 0.0900. The Labute approximate surface area is 133 Å². The van der Waals surface area contributed by atoms with Gasteiger partial charge in [0.1, 0.15) is 0 Å². The Balaban J connectivity index is 1.79. The molecule has 8 atom stereocenters. The van der Waals surface area contributed by atoms with Crippen LogP contribution in [0.4, 0.5) is 13.2 Å². The van der Waals surface area contributed by atoms with Gasteiger partial charge in [-0.3, -0.25) is 0 Å². The highest BCUT2D eigenvalue weighted by atomic mass is 19.4. The Kier molecular flexibility index (Phi) is 3.39. The molecule has 5 rings (SSSR count). The van der Waals surface area contributed by atoms with Gasteiger partial charge in [0.15, 0.2) is 18.0 Å². The minimum Gasteiger partial charge on any atom is -0.336 e. The standard InChI is InChI=1S/C16H23F3O4/c1-8-4-5-11-9(2)12(16(17,18)19)20-13-15(11)10(8)6-7-14(3,21-13)22-23-15/h8-13H,4-7H2,1-3H3. The summed E-state index contributed by atoms with van der Waals surface area (Å²) in [4.78, 5) is 11.4. The number of hydrogen-bond donors (Lipinski definition) is 0. The molecule has 0 aromatic rings. The van der Waals surface area contributed by atoms with Crippen LogP contribution in [-0.4, -0.2) is 30.0 Å². The highest BCUT2D eigenvalue weighted by molar-refractivity contribution is 5.10. The van der Waals surface area contributed by atoms with Crippen LogP contribution in [-0.2, 0) is 19.2 Å². The third-order valence-corrected chi connectivity index (χ3v) is 6.48. The topological polar surface area (TPSA) is 36.9 Å². The van der Waals surface area contributed by atoms with Crippen molar-refractivity contribution in [1.82, 2.24) is 0 Å². The van der Waals surface area contributed by atoms with Crippen molar-refractivity contribution in [3.05, 3.63) is 0 Å². The van der Waals surface area contributed by atoms with Crippen LogP contribution < -0.4 is 0 Å². The minimum atomic E-state index is -4.41. The molecule has 0 aromatic carbocycles. The van der Waals surface area contributed by atoms with Gasteiger partial charge in [0.05, 0.1) is 0 Å². The van der Waals surface area contributed by atoms with E-state index in [1.807, 2.05) is 0 Å². The zero-order chi connectivity index (χ0) is 16.6. The summed E-state index contributed by atoms with van der Waals surface area (Å²) < 4.78 is 51.7. The molecule has 1 saturated carbocycles. The summed E-state index contributed by atoms with van der Waals surface area (Å²) in [5.74, 6) is -1.56. The maximum Gasteiger partial charge on any atom is 0.415 e. The van der Waals surface area contributed by atoms with Crippen molar-refractivity contribution >= 4 is 0 Å². The second kappa shape index (κ2) is 4.84. The van der Waals surface area contributed by atoms with E-state index in [-0.39, 0.29) is 11.8 Å². The average molecular weight is 336 g/mol. The first kappa shape index (κ1) is 16.1. The Hall–Kier alpha value is -0.370. The van der Waals surface area contributed by atoms with Gasteiger partial charge in [-0.25, -0.2) is 9.78 Å². The lowest BCUT2D eigenvalue weighted by molar-refractivity contribution is -0.575. The van der Waals surface area contributed by atoms with E-state index in [1.165, 1.54) is 0 Å². The Morgan fingerprint density at radius 2 is 1.74 bits per heavy atom. The van der Waals surface area contributed by atoms with Gasteiger partial charge in [-0.2, -0.15) is 13.2 Å². The second-order valence-electron chi connectivity index (χ2n) is 7.87. The highest BCUT2D eigenvalue weighted by Gasteiger charge is 2.71. The molecule has 4 nitrogen and oxygen atoms in total. The van der Waals surface area contributed by atoms with Crippen molar-refractivity contribution in [2.24, 2.45) is 23.7 Å². The molecule has 132 valence electrons. The fraction of sp³-hybridized carbons (Fsp3) is 1.00. The average Bonchev–Trinajstić information content (AvgIpc) is 2.68. The van der Waals surface area contributed by atoms with Gasteiger partial charge in [0, 0.05) is 12.3 Å². The molecule has 1 spiro atoms. The summed E-state index contributed by atoms with van der Waals surface area (Å²) in [6.07, 6.45) is -4.25. The zero-order valence-electron chi connectivity index (χ0n) is 13.6. The third kappa shape index (κ3) is 2.12. The number of alkyl halides is 3. The predicted octanol–water partition coefficient (Wildman–Crippen LogP) is 3.80. The number of rotatable bonds is 0. The first-order chi connectivity index (χ1) is 10.7. The summed E-state index contributed by atoms with van der Waals surface area (Å²) in [6.45, 7) is 5.46. The molecule has 0 aromatic heterocycles. The predicted molar refractivity (Wildman–Crippen MR) is 72.9 cm³/mol. The SMILES string of the molecule is CC1CCC2C(C)C(C(F)(F)F)OC3OC4(C)CCC1C32OO4. The molecule has 4 heterocycles. The first-order valence-corrected chi connectivity index (χ1v) is 8.44. The lowest BCUT2D eigenvalue weighted by atomic mass is 9.57.